The van der Waals surface area contributed by atoms with Crippen LogP contribution in [0.2, 0.25) is 0 Å². The Kier molecular flexibility index (Phi) is 5.20. The molecule has 0 aromatic carbocycles. The summed E-state index contributed by atoms with van der Waals surface area (Å²) in [5.74, 6) is 0.781. The molecule has 0 spiro atoms. The van der Waals surface area contributed by atoms with Crippen molar-refractivity contribution in [2.75, 3.05) is 13.2 Å². The minimum Gasteiger partial charge on any atom is -0.483 e. The molecule has 3 heterocycles. The lowest BCUT2D eigenvalue weighted by Gasteiger charge is -2.23. The average molecular weight is 333 g/mol. The summed E-state index contributed by atoms with van der Waals surface area (Å²) in [6, 6.07) is 2.95. The van der Waals surface area contributed by atoms with Crippen LogP contribution in [-0.4, -0.2) is 51.0 Å². The van der Waals surface area contributed by atoms with E-state index >= 15 is 0 Å². The highest BCUT2D eigenvalue weighted by molar-refractivity contribution is 5.13. The molecule has 24 heavy (non-hydrogen) atoms. The van der Waals surface area contributed by atoms with Crippen molar-refractivity contribution in [1.82, 2.24) is 24.9 Å². The van der Waals surface area contributed by atoms with Crippen LogP contribution < -0.4 is 10.1 Å². The summed E-state index contributed by atoms with van der Waals surface area (Å²) in [5, 5.41) is 12.4. The molecule has 2 aromatic heterocycles. The number of hydrogen-bond donors (Lipinski definition) is 1. The Labute approximate surface area is 142 Å². The van der Waals surface area contributed by atoms with Gasteiger partial charge in [0.05, 0.1) is 37.3 Å². The zero-order valence-electron chi connectivity index (χ0n) is 14.8. The number of nitrogens with zero attached hydrogens (tertiary/aromatic N) is 4. The van der Waals surface area contributed by atoms with E-state index in [1.54, 1.807) is 10.9 Å². The van der Waals surface area contributed by atoms with Crippen LogP contribution in [0.5, 0.6) is 5.75 Å². The number of aryl methyl sites for hydroxylation is 1. The Morgan fingerprint density at radius 3 is 2.88 bits per heavy atom. The summed E-state index contributed by atoms with van der Waals surface area (Å²) in [6.07, 6.45) is 6.54. The molecule has 7 nitrogen and oxygen atoms in total. The monoisotopic (exact) mass is 333 g/mol. The van der Waals surface area contributed by atoms with Crippen molar-refractivity contribution in [2.24, 2.45) is 7.05 Å². The molecule has 0 saturated carbocycles. The standard InChI is InChI=1S/C17H27N5O2/c1-12(2)22-6-5-14(20-22)7-13(3)19-16-10-23-11-17(16)24-15-8-18-21(4)9-15/h5-6,8-9,12-13,16-17,19H,7,10-11H2,1-4H3/t13?,16-,17+/m0/s1. The summed E-state index contributed by atoms with van der Waals surface area (Å²) in [6.45, 7) is 7.70. The number of nitrogens with one attached hydrogen (secondary N) is 1. The number of hydrogen-bond acceptors (Lipinski definition) is 5. The third kappa shape index (κ3) is 4.15. The van der Waals surface area contributed by atoms with Crippen LogP contribution >= 0.6 is 0 Å². The lowest BCUT2D eigenvalue weighted by atomic mass is 10.1. The zero-order chi connectivity index (χ0) is 17.1. The Hall–Kier alpha value is -1.86. The molecule has 1 N–H and O–H groups in total. The smallest absolute Gasteiger partial charge is 0.157 e. The van der Waals surface area contributed by atoms with Gasteiger partial charge >= 0.3 is 0 Å². The molecule has 1 aliphatic heterocycles. The highest BCUT2D eigenvalue weighted by atomic mass is 16.5. The van der Waals surface area contributed by atoms with E-state index < -0.39 is 0 Å². The van der Waals surface area contributed by atoms with Crippen LogP contribution in [0.4, 0.5) is 0 Å². The molecule has 0 radical (unpaired) electrons. The van der Waals surface area contributed by atoms with E-state index in [1.165, 1.54) is 0 Å². The molecule has 1 fully saturated rings. The number of rotatable bonds is 7. The second-order valence-corrected chi connectivity index (χ2v) is 6.80. The van der Waals surface area contributed by atoms with E-state index in [2.05, 4.69) is 42.4 Å². The van der Waals surface area contributed by atoms with Crippen molar-refractivity contribution < 1.29 is 9.47 Å². The van der Waals surface area contributed by atoms with Crippen LogP contribution in [0.15, 0.2) is 24.7 Å². The Balaban J connectivity index is 1.53. The molecule has 0 amide bonds. The van der Waals surface area contributed by atoms with Gasteiger partial charge in [0.25, 0.3) is 0 Å². The second kappa shape index (κ2) is 7.36. The molecular weight excluding hydrogens is 306 g/mol. The Morgan fingerprint density at radius 2 is 2.21 bits per heavy atom. The lowest BCUT2D eigenvalue weighted by molar-refractivity contribution is 0.138. The van der Waals surface area contributed by atoms with E-state index in [-0.39, 0.29) is 12.1 Å². The quantitative estimate of drug-likeness (QED) is 0.833. The summed E-state index contributed by atoms with van der Waals surface area (Å²) < 4.78 is 15.3. The van der Waals surface area contributed by atoms with E-state index in [4.69, 9.17) is 9.47 Å². The molecule has 1 unspecified atom stereocenters. The normalized spacial score (nSPS) is 22.2. The molecule has 3 atom stereocenters. The summed E-state index contributed by atoms with van der Waals surface area (Å²) in [4.78, 5) is 0. The fraction of sp³-hybridized carbons (Fsp3) is 0.647. The third-order valence-electron chi connectivity index (χ3n) is 4.20. The fourth-order valence-corrected chi connectivity index (χ4v) is 2.95. The van der Waals surface area contributed by atoms with Gasteiger partial charge in [0.1, 0.15) is 6.10 Å². The zero-order valence-corrected chi connectivity index (χ0v) is 14.8. The highest BCUT2D eigenvalue weighted by Gasteiger charge is 2.31. The van der Waals surface area contributed by atoms with E-state index in [0.717, 1.165) is 17.9 Å². The molecule has 132 valence electrons. The van der Waals surface area contributed by atoms with Crippen molar-refractivity contribution in [3.05, 3.63) is 30.4 Å². The number of aromatic nitrogens is 4. The van der Waals surface area contributed by atoms with Gasteiger partial charge in [-0.2, -0.15) is 10.2 Å². The maximum atomic E-state index is 6.00. The first-order chi connectivity index (χ1) is 11.5. The topological polar surface area (TPSA) is 66.1 Å². The van der Waals surface area contributed by atoms with Gasteiger partial charge < -0.3 is 14.8 Å². The van der Waals surface area contributed by atoms with Gasteiger partial charge in [-0.15, -0.1) is 0 Å². The predicted octanol–water partition coefficient (Wildman–Crippen LogP) is 1.56. The van der Waals surface area contributed by atoms with Crippen LogP contribution in [0, 0.1) is 0 Å². The molecule has 3 rings (SSSR count). The molecular formula is C17H27N5O2. The molecule has 1 aliphatic rings. The predicted molar refractivity (Wildman–Crippen MR) is 91.1 cm³/mol. The van der Waals surface area contributed by atoms with Crippen LogP contribution in [0.3, 0.4) is 0 Å². The van der Waals surface area contributed by atoms with Gasteiger partial charge in [0.15, 0.2) is 5.75 Å². The summed E-state index contributed by atoms with van der Waals surface area (Å²) in [5.41, 5.74) is 1.10. The molecule has 0 bridgehead atoms. The van der Waals surface area contributed by atoms with E-state index in [0.29, 0.717) is 25.3 Å². The van der Waals surface area contributed by atoms with Gasteiger partial charge in [0, 0.05) is 31.7 Å². The van der Waals surface area contributed by atoms with Crippen molar-refractivity contribution in [3.8, 4) is 5.75 Å². The minimum absolute atomic E-state index is 0.00451. The van der Waals surface area contributed by atoms with Gasteiger partial charge in [0.2, 0.25) is 0 Å². The van der Waals surface area contributed by atoms with Crippen LogP contribution in [0.1, 0.15) is 32.5 Å². The van der Waals surface area contributed by atoms with Crippen LogP contribution in [-0.2, 0) is 18.2 Å². The van der Waals surface area contributed by atoms with E-state index in [1.807, 2.05) is 24.1 Å². The fourth-order valence-electron chi connectivity index (χ4n) is 2.95. The first-order valence-corrected chi connectivity index (χ1v) is 8.54. The molecule has 7 heteroatoms. The SMILES string of the molecule is CC(Cc1ccn(C(C)C)n1)N[C@H]1COC[C@H]1Oc1cnn(C)c1. The first-order valence-electron chi connectivity index (χ1n) is 8.54. The molecule has 1 saturated heterocycles. The van der Waals surface area contributed by atoms with Crippen molar-refractivity contribution in [1.29, 1.82) is 0 Å². The van der Waals surface area contributed by atoms with Gasteiger partial charge in [-0.25, -0.2) is 0 Å². The average Bonchev–Trinajstić information content (AvgIpc) is 3.23. The Morgan fingerprint density at radius 1 is 1.38 bits per heavy atom. The van der Waals surface area contributed by atoms with Crippen LogP contribution in [0.25, 0.3) is 0 Å². The summed E-state index contributed by atoms with van der Waals surface area (Å²) in [7, 11) is 1.88. The van der Waals surface area contributed by atoms with Crippen molar-refractivity contribution >= 4 is 0 Å². The Bertz CT molecular complexity index is 651. The second-order valence-electron chi connectivity index (χ2n) is 6.80. The van der Waals surface area contributed by atoms with Crippen molar-refractivity contribution in [3.63, 3.8) is 0 Å². The van der Waals surface area contributed by atoms with E-state index in [9.17, 15) is 0 Å². The number of ether oxygens (including phenoxy) is 2. The minimum atomic E-state index is 0.00451. The molecule has 0 aliphatic carbocycles. The third-order valence-corrected chi connectivity index (χ3v) is 4.20. The van der Waals surface area contributed by atoms with Gasteiger partial charge in [-0.1, -0.05) is 0 Å². The van der Waals surface area contributed by atoms with Gasteiger partial charge in [-0.05, 0) is 26.8 Å². The van der Waals surface area contributed by atoms with Gasteiger partial charge in [-0.3, -0.25) is 9.36 Å². The highest BCUT2D eigenvalue weighted by Crippen LogP contribution is 2.17. The molecule has 2 aromatic rings. The maximum absolute atomic E-state index is 6.00. The van der Waals surface area contributed by atoms with Crippen molar-refractivity contribution in [2.45, 2.75) is 51.4 Å². The maximum Gasteiger partial charge on any atom is 0.157 e. The lowest BCUT2D eigenvalue weighted by Crippen LogP contribution is -2.46. The largest absolute Gasteiger partial charge is 0.483 e. The first kappa shape index (κ1) is 17.0. The summed E-state index contributed by atoms with van der Waals surface area (Å²) >= 11 is 0.